The third-order valence-electron chi connectivity index (χ3n) is 3.35. The smallest absolute Gasteiger partial charge is 0.337 e. The van der Waals surface area contributed by atoms with Gasteiger partial charge in [0.05, 0.1) is 11.3 Å². The van der Waals surface area contributed by atoms with Crippen LogP contribution in [-0.2, 0) is 4.79 Å². The molecule has 2 aromatic rings. The molecule has 0 radical (unpaired) electrons. The van der Waals surface area contributed by atoms with Gasteiger partial charge in [0.2, 0.25) is 5.91 Å². The van der Waals surface area contributed by atoms with E-state index in [1.54, 1.807) is 30.3 Å². The topological polar surface area (TPSA) is 75.6 Å². The molecule has 2 aromatic carbocycles. The number of benzene rings is 2. The third kappa shape index (κ3) is 4.98. The maximum absolute atomic E-state index is 12.0. The van der Waals surface area contributed by atoms with Crippen LogP contribution in [0, 0.1) is 19.3 Å². The Morgan fingerprint density at radius 2 is 2.04 bits per heavy atom. The Morgan fingerprint density at radius 3 is 2.72 bits per heavy atom. The van der Waals surface area contributed by atoms with Gasteiger partial charge in [0, 0.05) is 6.08 Å². The van der Waals surface area contributed by atoms with Crippen LogP contribution in [0.1, 0.15) is 21.5 Å². The van der Waals surface area contributed by atoms with Gasteiger partial charge in [0.15, 0.2) is 0 Å². The van der Waals surface area contributed by atoms with Crippen LogP contribution in [0.5, 0.6) is 5.75 Å². The number of ether oxygens (including phenoxy) is 1. The van der Waals surface area contributed by atoms with E-state index in [0.29, 0.717) is 5.75 Å². The Bertz CT molecular complexity index is 862. The summed E-state index contributed by atoms with van der Waals surface area (Å²) < 4.78 is 5.39. The zero-order valence-electron chi connectivity index (χ0n) is 13.7. The van der Waals surface area contributed by atoms with Crippen LogP contribution in [0.3, 0.4) is 0 Å². The Balaban J connectivity index is 2.07. The SMILES string of the molecule is C#CCOc1ccc(/C=C/C(=O)Nc2ccccc2C(=O)O)cc1C. The fourth-order valence-corrected chi connectivity index (χ4v) is 2.18. The van der Waals surface area contributed by atoms with Gasteiger partial charge in [-0.1, -0.05) is 24.1 Å². The number of aromatic carboxylic acids is 1. The lowest BCUT2D eigenvalue weighted by Crippen LogP contribution is -2.11. The molecular weight excluding hydrogens is 318 g/mol. The number of terminal acetylenes is 1. The van der Waals surface area contributed by atoms with Crippen molar-refractivity contribution in [2.45, 2.75) is 6.92 Å². The van der Waals surface area contributed by atoms with Crippen LogP contribution in [0.15, 0.2) is 48.5 Å². The van der Waals surface area contributed by atoms with Crippen molar-refractivity contribution in [1.82, 2.24) is 0 Å². The molecule has 0 saturated heterocycles. The second-order valence-corrected chi connectivity index (χ2v) is 5.19. The molecular formula is C20H17NO4. The quantitative estimate of drug-likeness (QED) is 0.627. The van der Waals surface area contributed by atoms with E-state index in [1.165, 1.54) is 18.2 Å². The normalized spacial score (nSPS) is 10.2. The maximum atomic E-state index is 12.0. The summed E-state index contributed by atoms with van der Waals surface area (Å²) in [5.74, 6) is 1.58. The fourth-order valence-electron chi connectivity index (χ4n) is 2.18. The zero-order valence-corrected chi connectivity index (χ0v) is 13.7. The molecule has 0 aromatic heterocycles. The lowest BCUT2D eigenvalue weighted by Gasteiger charge is -2.07. The first-order chi connectivity index (χ1) is 12.0. The highest BCUT2D eigenvalue weighted by Crippen LogP contribution is 2.20. The monoisotopic (exact) mass is 335 g/mol. The molecule has 126 valence electrons. The second-order valence-electron chi connectivity index (χ2n) is 5.19. The van der Waals surface area contributed by atoms with Crippen molar-refractivity contribution in [3.8, 4) is 18.1 Å². The Hall–Kier alpha value is -3.52. The minimum Gasteiger partial charge on any atom is -0.481 e. The highest BCUT2D eigenvalue weighted by molar-refractivity contribution is 6.06. The van der Waals surface area contributed by atoms with Gasteiger partial charge >= 0.3 is 5.97 Å². The first kappa shape index (κ1) is 17.8. The van der Waals surface area contributed by atoms with E-state index >= 15 is 0 Å². The molecule has 2 N–H and O–H groups in total. The molecule has 2 rings (SSSR count). The lowest BCUT2D eigenvalue weighted by molar-refractivity contribution is -0.111. The first-order valence-corrected chi connectivity index (χ1v) is 7.49. The van der Waals surface area contributed by atoms with Gasteiger partial charge in [-0.3, -0.25) is 4.79 Å². The summed E-state index contributed by atoms with van der Waals surface area (Å²) in [5, 5.41) is 11.7. The molecule has 0 aliphatic rings. The van der Waals surface area contributed by atoms with E-state index in [0.717, 1.165) is 11.1 Å². The summed E-state index contributed by atoms with van der Waals surface area (Å²) in [6.45, 7) is 2.08. The van der Waals surface area contributed by atoms with Crippen molar-refractivity contribution in [2.75, 3.05) is 11.9 Å². The largest absolute Gasteiger partial charge is 0.481 e. The van der Waals surface area contributed by atoms with Crippen molar-refractivity contribution < 1.29 is 19.4 Å². The number of carboxylic acids is 1. The van der Waals surface area contributed by atoms with Crippen LogP contribution < -0.4 is 10.1 Å². The molecule has 0 atom stereocenters. The number of rotatable bonds is 6. The number of anilines is 1. The van der Waals surface area contributed by atoms with Gasteiger partial charge in [-0.25, -0.2) is 4.79 Å². The predicted molar refractivity (Wildman–Crippen MR) is 96.6 cm³/mol. The molecule has 5 heteroatoms. The lowest BCUT2D eigenvalue weighted by atomic mass is 10.1. The molecule has 0 aliphatic carbocycles. The number of para-hydroxylation sites is 1. The minimum absolute atomic E-state index is 0.0371. The number of aryl methyl sites for hydroxylation is 1. The zero-order chi connectivity index (χ0) is 18.2. The molecule has 0 fully saturated rings. The predicted octanol–water partition coefficient (Wildman–Crippen LogP) is 3.36. The van der Waals surface area contributed by atoms with Gasteiger partial charge in [0.1, 0.15) is 12.4 Å². The minimum atomic E-state index is -1.10. The van der Waals surface area contributed by atoms with E-state index in [4.69, 9.17) is 16.3 Å². The Morgan fingerprint density at radius 1 is 1.28 bits per heavy atom. The fraction of sp³-hybridized carbons (Fsp3) is 0.100. The van der Waals surface area contributed by atoms with Crippen molar-refractivity contribution >= 4 is 23.6 Å². The van der Waals surface area contributed by atoms with Crippen LogP contribution in [0.2, 0.25) is 0 Å². The van der Waals surface area contributed by atoms with Crippen molar-refractivity contribution in [2.24, 2.45) is 0 Å². The number of hydrogen-bond donors (Lipinski definition) is 2. The average Bonchev–Trinajstić information content (AvgIpc) is 2.59. The van der Waals surface area contributed by atoms with Gasteiger partial charge in [-0.2, -0.15) is 0 Å². The summed E-state index contributed by atoms with van der Waals surface area (Å²) in [4.78, 5) is 23.1. The molecule has 0 spiro atoms. The van der Waals surface area contributed by atoms with Gasteiger partial charge < -0.3 is 15.2 Å². The summed E-state index contributed by atoms with van der Waals surface area (Å²) in [6, 6.07) is 11.7. The Kier molecular flexibility index (Phi) is 5.97. The standard InChI is InChI=1S/C20H17NO4/c1-3-12-25-18-10-8-15(13-14(18)2)9-11-19(22)21-17-7-5-4-6-16(17)20(23)24/h1,4-11,13H,12H2,2H3,(H,21,22)(H,23,24)/b11-9+. The third-order valence-corrected chi connectivity index (χ3v) is 3.35. The summed E-state index contributed by atoms with van der Waals surface area (Å²) in [6.07, 6.45) is 8.14. The van der Waals surface area contributed by atoms with Crippen LogP contribution in [-0.4, -0.2) is 23.6 Å². The summed E-state index contributed by atoms with van der Waals surface area (Å²) in [5.41, 5.74) is 2.00. The van der Waals surface area contributed by atoms with E-state index < -0.39 is 11.9 Å². The second kappa shape index (κ2) is 8.37. The molecule has 25 heavy (non-hydrogen) atoms. The maximum Gasteiger partial charge on any atom is 0.337 e. The van der Waals surface area contributed by atoms with Crippen LogP contribution in [0.25, 0.3) is 6.08 Å². The van der Waals surface area contributed by atoms with Crippen molar-refractivity contribution in [3.05, 3.63) is 65.2 Å². The number of carbonyl (C=O) groups is 2. The summed E-state index contributed by atoms with van der Waals surface area (Å²) in [7, 11) is 0. The molecule has 0 saturated carbocycles. The number of carboxylic acid groups (broad SMARTS) is 1. The molecule has 5 nitrogen and oxygen atoms in total. The molecule has 0 heterocycles. The van der Waals surface area contributed by atoms with Gasteiger partial charge in [-0.15, -0.1) is 6.42 Å². The first-order valence-electron chi connectivity index (χ1n) is 7.49. The van der Waals surface area contributed by atoms with Gasteiger partial charge in [-0.05, 0) is 48.4 Å². The summed E-state index contributed by atoms with van der Waals surface area (Å²) >= 11 is 0. The molecule has 1 amide bonds. The van der Waals surface area contributed by atoms with E-state index in [1.807, 2.05) is 13.0 Å². The van der Waals surface area contributed by atoms with Gasteiger partial charge in [0.25, 0.3) is 0 Å². The number of nitrogens with one attached hydrogen (secondary N) is 1. The van der Waals surface area contributed by atoms with Crippen molar-refractivity contribution in [1.29, 1.82) is 0 Å². The molecule has 0 aliphatic heterocycles. The van der Waals surface area contributed by atoms with Crippen molar-refractivity contribution in [3.63, 3.8) is 0 Å². The molecule has 0 bridgehead atoms. The highest BCUT2D eigenvalue weighted by atomic mass is 16.5. The number of carbonyl (C=O) groups excluding carboxylic acids is 1. The highest BCUT2D eigenvalue weighted by Gasteiger charge is 2.10. The van der Waals surface area contributed by atoms with E-state index in [-0.39, 0.29) is 17.9 Å². The van der Waals surface area contributed by atoms with E-state index in [2.05, 4.69) is 11.2 Å². The number of amides is 1. The Labute approximate surface area is 145 Å². The molecule has 0 unspecified atom stereocenters. The number of hydrogen-bond acceptors (Lipinski definition) is 3. The van der Waals surface area contributed by atoms with Crippen LogP contribution in [0.4, 0.5) is 5.69 Å². The van der Waals surface area contributed by atoms with E-state index in [9.17, 15) is 9.59 Å². The average molecular weight is 335 g/mol. The van der Waals surface area contributed by atoms with Crippen LogP contribution >= 0.6 is 0 Å².